The highest BCUT2D eigenvalue weighted by Gasteiger charge is 2.24. The van der Waals surface area contributed by atoms with Crippen LogP contribution in [0.3, 0.4) is 0 Å². The fourth-order valence-corrected chi connectivity index (χ4v) is 2.28. The zero-order valence-electron chi connectivity index (χ0n) is 10.9. The molecule has 3 N–H and O–H groups in total. The zero-order valence-corrected chi connectivity index (χ0v) is 10.9. The van der Waals surface area contributed by atoms with E-state index in [2.05, 4.69) is 17.6 Å². The van der Waals surface area contributed by atoms with Crippen molar-refractivity contribution in [2.45, 2.75) is 32.7 Å². The first kappa shape index (κ1) is 12.9. The topological polar surface area (TPSA) is 61.4 Å². The lowest BCUT2D eigenvalue weighted by molar-refractivity contribution is -0.119. The molecule has 1 amide bonds. The number of carbonyl (C=O) groups excluding carboxylic acids is 1. The average Bonchev–Trinajstić information content (AvgIpc) is 2.34. The van der Waals surface area contributed by atoms with E-state index < -0.39 is 0 Å². The van der Waals surface area contributed by atoms with Crippen LogP contribution in [0.25, 0.3) is 0 Å². The number of phenolic OH excluding ortho intramolecular Hbond substituents is 1. The molecule has 0 bridgehead atoms. The summed E-state index contributed by atoms with van der Waals surface area (Å²) in [7, 11) is 0. The van der Waals surface area contributed by atoms with Crippen molar-refractivity contribution in [2.75, 3.05) is 11.9 Å². The first-order valence-electron chi connectivity index (χ1n) is 6.40. The number of piperidine rings is 1. The lowest BCUT2D eigenvalue weighted by Crippen LogP contribution is -2.45. The van der Waals surface area contributed by atoms with Gasteiger partial charge < -0.3 is 15.7 Å². The van der Waals surface area contributed by atoms with Gasteiger partial charge in [-0.1, -0.05) is 13.0 Å². The van der Waals surface area contributed by atoms with Crippen molar-refractivity contribution in [3.63, 3.8) is 0 Å². The lowest BCUT2D eigenvalue weighted by atomic mass is 9.94. The van der Waals surface area contributed by atoms with E-state index in [9.17, 15) is 9.90 Å². The van der Waals surface area contributed by atoms with Crippen LogP contribution in [0.4, 0.5) is 5.69 Å². The Hall–Kier alpha value is -1.55. The number of amides is 1. The molecule has 1 heterocycles. The van der Waals surface area contributed by atoms with Gasteiger partial charge in [-0.3, -0.25) is 4.79 Å². The summed E-state index contributed by atoms with van der Waals surface area (Å²) in [6.07, 6.45) is 1.96. The van der Waals surface area contributed by atoms with Crippen LogP contribution in [-0.4, -0.2) is 23.6 Å². The van der Waals surface area contributed by atoms with Crippen LogP contribution in [0.5, 0.6) is 5.75 Å². The molecule has 0 spiro atoms. The largest absolute Gasteiger partial charge is 0.506 e. The van der Waals surface area contributed by atoms with Gasteiger partial charge in [-0.15, -0.1) is 0 Å². The SMILES string of the molecule is Cc1ccc(O)c(NC(=O)C2CC(C)CCN2)c1. The third-order valence-corrected chi connectivity index (χ3v) is 3.39. The number of hydrogen-bond donors (Lipinski definition) is 3. The fourth-order valence-electron chi connectivity index (χ4n) is 2.28. The lowest BCUT2D eigenvalue weighted by Gasteiger charge is -2.27. The van der Waals surface area contributed by atoms with Crippen LogP contribution in [-0.2, 0) is 4.79 Å². The Morgan fingerprint density at radius 2 is 2.28 bits per heavy atom. The molecule has 98 valence electrons. The van der Waals surface area contributed by atoms with Crippen molar-refractivity contribution in [3.8, 4) is 5.75 Å². The van der Waals surface area contributed by atoms with Gasteiger partial charge in [0, 0.05) is 0 Å². The molecule has 1 aliphatic heterocycles. The predicted molar refractivity (Wildman–Crippen MR) is 71.7 cm³/mol. The Bertz CT molecular complexity index is 445. The molecule has 4 heteroatoms. The summed E-state index contributed by atoms with van der Waals surface area (Å²) in [6, 6.07) is 5.03. The van der Waals surface area contributed by atoms with Gasteiger partial charge >= 0.3 is 0 Å². The third kappa shape index (κ3) is 3.01. The van der Waals surface area contributed by atoms with E-state index in [-0.39, 0.29) is 17.7 Å². The number of benzene rings is 1. The summed E-state index contributed by atoms with van der Waals surface area (Å²) in [4.78, 5) is 12.1. The van der Waals surface area contributed by atoms with Gasteiger partial charge in [0.2, 0.25) is 5.91 Å². The molecule has 1 fully saturated rings. The zero-order chi connectivity index (χ0) is 13.1. The highest BCUT2D eigenvalue weighted by atomic mass is 16.3. The fraction of sp³-hybridized carbons (Fsp3) is 0.500. The van der Waals surface area contributed by atoms with Crippen molar-refractivity contribution < 1.29 is 9.90 Å². The van der Waals surface area contributed by atoms with Crippen molar-refractivity contribution >= 4 is 11.6 Å². The van der Waals surface area contributed by atoms with Crippen LogP contribution < -0.4 is 10.6 Å². The van der Waals surface area contributed by atoms with Crippen LogP contribution in [0, 0.1) is 12.8 Å². The van der Waals surface area contributed by atoms with Gasteiger partial charge in [0.25, 0.3) is 0 Å². The maximum atomic E-state index is 12.1. The van der Waals surface area contributed by atoms with Gasteiger partial charge in [-0.2, -0.15) is 0 Å². The van der Waals surface area contributed by atoms with Crippen LogP contribution >= 0.6 is 0 Å². The molecule has 18 heavy (non-hydrogen) atoms. The first-order chi connectivity index (χ1) is 8.56. The Balaban J connectivity index is 2.04. The minimum atomic E-state index is -0.159. The van der Waals surface area contributed by atoms with Crippen molar-refractivity contribution in [3.05, 3.63) is 23.8 Å². The normalized spacial score (nSPS) is 23.7. The molecule has 1 aliphatic rings. The monoisotopic (exact) mass is 248 g/mol. The summed E-state index contributed by atoms with van der Waals surface area (Å²) < 4.78 is 0. The van der Waals surface area contributed by atoms with Crippen molar-refractivity contribution in [2.24, 2.45) is 5.92 Å². The summed E-state index contributed by atoms with van der Waals surface area (Å²) in [6.45, 7) is 4.96. The quantitative estimate of drug-likeness (QED) is 0.702. The Morgan fingerprint density at radius 1 is 1.50 bits per heavy atom. The summed E-state index contributed by atoms with van der Waals surface area (Å²) in [5.74, 6) is 0.605. The molecule has 0 radical (unpaired) electrons. The van der Waals surface area contributed by atoms with Crippen LogP contribution in [0.1, 0.15) is 25.3 Å². The smallest absolute Gasteiger partial charge is 0.241 e. The molecule has 1 saturated heterocycles. The highest BCUT2D eigenvalue weighted by Crippen LogP contribution is 2.25. The summed E-state index contributed by atoms with van der Waals surface area (Å²) >= 11 is 0. The Kier molecular flexibility index (Phi) is 3.87. The van der Waals surface area contributed by atoms with Gasteiger partial charge in [0.05, 0.1) is 11.7 Å². The van der Waals surface area contributed by atoms with Gasteiger partial charge in [0.15, 0.2) is 0 Å². The molecular weight excluding hydrogens is 228 g/mol. The number of phenols is 1. The molecule has 0 aliphatic carbocycles. The Morgan fingerprint density at radius 3 is 3.00 bits per heavy atom. The van der Waals surface area contributed by atoms with Gasteiger partial charge in [0.1, 0.15) is 5.75 Å². The predicted octanol–water partition coefficient (Wildman–Crippen LogP) is 2.03. The third-order valence-electron chi connectivity index (χ3n) is 3.39. The van der Waals surface area contributed by atoms with E-state index in [0.29, 0.717) is 11.6 Å². The molecular formula is C14H20N2O2. The Labute approximate surface area is 107 Å². The first-order valence-corrected chi connectivity index (χ1v) is 6.40. The second-order valence-electron chi connectivity index (χ2n) is 5.15. The van der Waals surface area contributed by atoms with Crippen molar-refractivity contribution in [1.82, 2.24) is 5.32 Å². The number of carbonyl (C=O) groups is 1. The van der Waals surface area contributed by atoms with E-state index in [1.54, 1.807) is 12.1 Å². The molecule has 2 atom stereocenters. The maximum absolute atomic E-state index is 12.1. The van der Waals surface area contributed by atoms with Gasteiger partial charge in [-0.05, 0) is 49.9 Å². The van der Waals surface area contributed by atoms with E-state index in [1.165, 1.54) is 0 Å². The minimum Gasteiger partial charge on any atom is -0.506 e. The highest BCUT2D eigenvalue weighted by molar-refractivity contribution is 5.96. The van der Waals surface area contributed by atoms with E-state index in [4.69, 9.17) is 0 Å². The molecule has 0 aromatic heterocycles. The van der Waals surface area contributed by atoms with Crippen LogP contribution in [0.2, 0.25) is 0 Å². The molecule has 0 saturated carbocycles. The minimum absolute atomic E-state index is 0.0672. The summed E-state index contributed by atoms with van der Waals surface area (Å²) in [5.41, 5.74) is 1.49. The molecule has 1 aromatic carbocycles. The van der Waals surface area contributed by atoms with Crippen LogP contribution in [0.15, 0.2) is 18.2 Å². The second-order valence-corrected chi connectivity index (χ2v) is 5.15. The maximum Gasteiger partial charge on any atom is 0.241 e. The average molecular weight is 248 g/mol. The molecule has 2 unspecified atom stereocenters. The molecule has 4 nitrogen and oxygen atoms in total. The number of aromatic hydroxyl groups is 1. The number of rotatable bonds is 2. The van der Waals surface area contributed by atoms with E-state index in [0.717, 1.165) is 24.9 Å². The van der Waals surface area contributed by atoms with Gasteiger partial charge in [-0.25, -0.2) is 0 Å². The van der Waals surface area contributed by atoms with E-state index >= 15 is 0 Å². The standard InChI is InChI=1S/C14H20N2O2/c1-9-3-4-13(17)11(7-9)16-14(18)12-8-10(2)5-6-15-12/h3-4,7,10,12,15,17H,5-6,8H2,1-2H3,(H,16,18). The number of hydrogen-bond acceptors (Lipinski definition) is 3. The van der Waals surface area contributed by atoms with Crippen molar-refractivity contribution in [1.29, 1.82) is 0 Å². The summed E-state index contributed by atoms with van der Waals surface area (Å²) in [5, 5.41) is 15.7. The number of aryl methyl sites for hydroxylation is 1. The molecule has 2 rings (SSSR count). The molecule has 1 aromatic rings. The second kappa shape index (κ2) is 5.40. The number of anilines is 1. The number of nitrogens with one attached hydrogen (secondary N) is 2. The van der Waals surface area contributed by atoms with E-state index in [1.807, 2.05) is 13.0 Å².